The molecule has 0 amide bonds. The average Bonchev–Trinajstić information content (AvgIpc) is 2.13. The Labute approximate surface area is 113 Å². The molecule has 0 aliphatic heterocycles. The van der Waals surface area contributed by atoms with E-state index in [4.69, 9.17) is 0 Å². The lowest BCUT2D eigenvalue weighted by atomic mass is 10.0. The second-order valence-corrected chi connectivity index (χ2v) is 5.14. The molecular formula is C9H3Br2F7. The lowest BCUT2D eigenvalue weighted by molar-refractivity contribution is -0.359. The van der Waals surface area contributed by atoms with Gasteiger partial charge in [0, 0.05) is 14.5 Å². The molecule has 0 N–H and O–H groups in total. The van der Waals surface area contributed by atoms with E-state index < -0.39 is 23.6 Å². The van der Waals surface area contributed by atoms with Gasteiger partial charge in [-0.05, 0) is 18.2 Å². The molecule has 0 saturated heterocycles. The number of halogens is 9. The molecule has 0 fully saturated rings. The predicted molar refractivity (Wildman–Crippen MR) is 56.7 cm³/mol. The van der Waals surface area contributed by atoms with Crippen LogP contribution in [0.3, 0.4) is 0 Å². The first-order valence-electron chi connectivity index (χ1n) is 4.18. The van der Waals surface area contributed by atoms with Crippen molar-refractivity contribution in [3.8, 4) is 0 Å². The van der Waals surface area contributed by atoms with Crippen molar-refractivity contribution < 1.29 is 30.7 Å². The first-order valence-corrected chi connectivity index (χ1v) is 5.77. The van der Waals surface area contributed by atoms with E-state index in [1.165, 1.54) is 6.07 Å². The summed E-state index contributed by atoms with van der Waals surface area (Å²) < 4.78 is 87.8. The van der Waals surface area contributed by atoms with Gasteiger partial charge >= 0.3 is 18.0 Å². The summed E-state index contributed by atoms with van der Waals surface area (Å²) in [5.41, 5.74) is -1.44. The van der Waals surface area contributed by atoms with Crippen molar-refractivity contribution in [2.24, 2.45) is 0 Å². The van der Waals surface area contributed by atoms with Crippen LogP contribution in [-0.4, -0.2) is 12.1 Å². The number of hydrogen-bond acceptors (Lipinski definition) is 0. The van der Waals surface area contributed by atoms with E-state index in [1.54, 1.807) is 0 Å². The number of rotatable bonds is 2. The van der Waals surface area contributed by atoms with E-state index >= 15 is 0 Å². The lowest BCUT2D eigenvalue weighted by Crippen LogP contribution is -2.50. The Hall–Kier alpha value is -0.310. The van der Waals surface area contributed by atoms with Crippen LogP contribution in [0.2, 0.25) is 0 Å². The van der Waals surface area contributed by atoms with E-state index in [1.807, 2.05) is 0 Å². The van der Waals surface area contributed by atoms with Gasteiger partial charge in [0.2, 0.25) is 0 Å². The highest BCUT2D eigenvalue weighted by Crippen LogP contribution is 2.52. The first-order chi connectivity index (χ1) is 7.89. The zero-order chi connectivity index (χ0) is 14.4. The zero-order valence-electron chi connectivity index (χ0n) is 8.13. The summed E-state index contributed by atoms with van der Waals surface area (Å²) >= 11 is 5.47. The standard InChI is InChI=1S/C9H3Br2F7/c10-5-1-4(2-6(11)3-5)7(12,13)8(14,15)9(16,17)18/h1-3H. The van der Waals surface area contributed by atoms with Crippen molar-refractivity contribution >= 4 is 31.9 Å². The van der Waals surface area contributed by atoms with Gasteiger partial charge in [-0.1, -0.05) is 31.9 Å². The van der Waals surface area contributed by atoms with Crippen molar-refractivity contribution in [2.45, 2.75) is 18.0 Å². The molecule has 0 aliphatic carbocycles. The molecule has 102 valence electrons. The van der Waals surface area contributed by atoms with Gasteiger partial charge in [0.1, 0.15) is 0 Å². The number of hydrogen-bond donors (Lipinski definition) is 0. The fourth-order valence-electron chi connectivity index (χ4n) is 1.09. The topological polar surface area (TPSA) is 0 Å². The van der Waals surface area contributed by atoms with Crippen LogP contribution in [-0.2, 0) is 5.92 Å². The molecule has 0 nitrogen and oxygen atoms in total. The van der Waals surface area contributed by atoms with Crippen LogP contribution in [0.4, 0.5) is 30.7 Å². The van der Waals surface area contributed by atoms with E-state index in [-0.39, 0.29) is 8.95 Å². The number of alkyl halides is 7. The third-order valence-corrected chi connectivity index (χ3v) is 2.89. The summed E-state index contributed by atoms with van der Waals surface area (Å²) in [7, 11) is 0. The summed E-state index contributed by atoms with van der Waals surface area (Å²) in [5.74, 6) is -11.5. The van der Waals surface area contributed by atoms with Gasteiger partial charge in [0.25, 0.3) is 0 Å². The Bertz CT molecular complexity index is 432. The fraction of sp³-hybridized carbons (Fsp3) is 0.333. The second-order valence-electron chi connectivity index (χ2n) is 3.30. The molecule has 1 aromatic carbocycles. The third kappa shape index (κ3) is 2.66. The largest absolute Gasteiger partial charge is 0.460 e. The highest BCUT2D eigenvalue weighted by atomic mass is 79.9. The summed E-state index contributed by atoms with van der Waals surface area (Å²) in [6.45, 7) is 0. The Balaban J connectivity index is 3.37. The summed E-state index contributed by atoms with van der Waals surface area (Å²) in [6, 6.07) is 2.24. The van der Waals surface area contributed by atoms with Gasteiger partial charge in [-0.2, -0.15) is 30.7 Å². The van der Waals surface area contributed by atoms with Crippen molar-refractivity contribution in [3.05, 3.63) is 32.7 Å². The van der Waals surface area contributed by atoms with Crippen LogP contribution in [0.15, 0.2) is 27.1 Å². The second kappa shape index (κ2) is 4.66. The van der Waals surface area contributed by atoms with Gasteiger partial charge in [-0.15, -0.1) is 0 Å². The molecule has 0 aliphatic rings. The Morgan fingerprint density at radius 2 is 1.11 bits per heavy atom. The first kappa shape index (κ1) is 15.7. The van der Waals surface area contributed by atoms with Gasteiger partial charge in [0.05, 0.1) is 0 Å². The SMILES string of the molecule is FC(F)(F)C(F)(F)C(F)(F)c1cc(Br)cc(Br)c1. The van der Waals surface area contributed by atoms with E-state index in [9.17, 15) is 30.7 Å². The molecule has 0 saturated carbocycles. The molecule has 0 heterocycles. The van der Waals surface area contributed by atoms with E-state index in [2.05, 4.69) is 31.9 Å². The molecule has 1 rings (SSSR count). The number of benzene rings is 1. The Morgan fingerprint density at radius 3 is 1.44 bits per heavy atom. The highest BCUT2D eigenvalue weighted by molar-refractivity contribution is 9.11. The van der Waals surface area contributed by atoms with Crippen molar-refractivity contribution in [1.29, 1.82) is 0 Å². The maximum atomic E-state index is 13.3. The molecule has 18 heavy (non-hydrogen) atoms. The van der Waals surface area contributed by atoms with E-state index in [0.29, 0.717) is 12.1 Å². The lowest BCUT2D eigenvalue weighted by Gasteiger charge is -2.28. The Morgan fingerprint density at radius 1 is 0.722 bits per heavy atom. The molecular weight excluding hydrogens is 401 g/mol. The maximum Gasteiger partial charge on any atom is 0.460 e. The quantitative estimate of drug-likeness (QED) is 0.572. The van der Waals surface area contributed by atoms with Gasteiger partial charge < -0.3 is 0 Å². The van der Waals surface area contributed by atoms with Crippen LogP contribution < -0.4 is 0 Å². The molecule has 9 heteroatoms. The molecule has 0 atom stereocenters. The fourth-order valence-corrected chi connectivity index (χ4v) is 2.39. The smallest absolute Gasteiger partial charge is 0.194 e. The zero-order valence-corrected chi connectivity index (χ0v) is 11.3. The molecule has 0 bridgehead atoms. The van der Waals surface area contributed by atoms with Crippen LogP contribution in [0.25, 0.3) is 0 Å². The van der Waals surface area contributed by atoms with Crippen molar-refractivity contribution in [3.63, 3.8) is 0 Å². The normalized spacial score (nSPS) is 13.8. The summed E-state index contributed by atoms with van der Waals surface area (Å²) in [6.07, 6.45) is -6.34. The minimum Gasteiger partial charge on any atom is -0.194 e. The molecule has 0 aromatic heterocycles. The monoisotopic (exact) mass is 402 g/mol. The molecule has 0 unspecified atom stereocenters. The van der Waals surface area contributed by atoms with E-state index in [0.717, 1.165) is 0 Å². The summed E-state index contributed by atoms with van der Waals surface area (Å²) in [4.78, 5) is 0. The predicted octanol–water partition coefficient (Wildman–Crippen LogP) is 5.50. The average molecular weight is 404 g/mol. The molecule has 1 aromatic rings. The molecule has 0 radical (unpaired) electrons. The maximum absolute atomic E-state index is 13.3. The Kier molecular flexibility index (Phi) is 4.08. The third-order valence-electron chi connectivity index (χ3n) is 1.98. The minimum atomic E-state index is -6.34. The van der Waals surface area contributed by atoms with Gasteiger partial charge in [-0.25, -0.2) is 0 Å². The van der Waals surface area contributed by atoms with Crippen LogP contribution in [0.1, 0.15) is 5.56 Å². The van der Waals surface area contributed by atoms with Crippen LogP contribution >= 0.6 is 31.9 Å². The van der Waals surface area contributed by atoms with Crippen molar-refractivity contribution in [1.82, 2.24) is 0 Å². The molecule has 0 spiro atoms. The van der Waals surface area contributed by atoms with Gasteiger partial charge in [-0.3, -0.25) is 0 Å². The van der Waals surface area contributed by atoms with Crippen LogP contribution in [0, 0.1) is 0 Å². The van der Waals surface area contributed by atoms with Crippen molar-refractivity contribution in [2.75, 3.05) is 0 Å². The van der Waals surface area contributed by atoms with Crippen LogP contribution in [0.5, 0.6) is 0 Å². The van der Waals surface area contributed by atoms with Gasteiger partial charge in [0.15, 0.2) is 0 Å². The summed E-state index contributed by atoms with van der Waals surface area (Å²) in [5, 5.41) is 0. The highest BCUT2D eigenvalue weighted by Gasteiger charge is 2.73. The minimum absolute atomic E-state index is 0.0514.